The van der Waals surface area contributed by atoms with Crippen LogP contribution in [0.15, 0.2) is 0 Å². The molecule has 161 valence electrons. The molecule has 0 spiro atoms. The fourth-order valence-corrected chi connectivity index (χ4v) is 0. The molecule has 0 saturated heterocycles. The van der Waals surface area contributed by atoms with Gasteiger partial charge < -0.3 is 79.2 Å². The quantitative estimate of drug-likeness (QED) is 0.226. The SMILES string of the molecule is [Ir+4].[K+].[O-][Cl+2]([O-])O.[O-][Cl+2]([O-])[O-].[O-][Cl+2]([O-])[O-].[O-][Cl+2]([O-])[O-].[O-][Cl+2]([O-])[O-].[O-][Cl+2]([O-])[O-]. The van der Waals surface area contributed by atoms with Crippen LogP contribution in [0.25, 0.3) is 0 Å². The molecular weight excluding hydrogens is 732 g/mol. The Balaban J connectivity index is -0.0000000245. The summed E-state index contributed by atoms with van der Waals surface area (Å²) in [4.78, 5) is 0. The van der Waals surface area contributed by atoms with Gasteiger partial charge in [-0.25, -0.2) is 0 Å². The Hall–Kier alpha value is 3.31. The van der Waals surface area contributed by atoms with Crippen LogP contribution in [-0.2, 0) is 20.1 Å². The van der Waals surface area contributed by atoms with Crippen LogP contribution in [0.5, 0.6) is 0 Å². The zero-order valence-electron chi connectivity index (χ0n) is 11.0. The minimum Gasteiger partial charge on any atom is -0.357 e. The Kier molecular flexibility index (Phi) is 92.5. The van der Waals surface area contributed by atoms with Gasteiger partial charge in [-0.1, -0.05) is 0 Å². The van der Waals surface area contributed by atoms with Crippen molar-refractivity contribution in [3.8, 4) is 0 Å². The first-order valence-electron chi connectivity index (χ1n) is 2.79. The third-order valence-electron chi connectivity index (χ3n) is 0. The van der Waals surface area contributed by atoms with Gasteiger partial charge in [0.05, 0.1) is 53.9 Å². The molecule has 1 radical (unpaired) electrons. The molecule has 0 amide bonds. The van der Waals surface area contributed by atoms with E-state index in [9.17, 15) is 0 Å². The van der Waals surface area contributed by atoms with Crippen LogP contribution >= 0.6 is 0 Å². The molecule has 26 heavy (non-hydrogen) atoms. The standard InChI is InChI=1S/ClHO3.5ClO3.Ir.K/c6*2-1(3)4;;/h2H;;;;;;;/q;5*-1;+4;+1. The van der Waals surface area contributed by atoms with Gasteiger partial charge in [0.15, 0.2) is 0 Å². The van der Waals surface area contributed by atoms with E-state index >= 15 is 0 Å². The molecular formula is HCl6IrKO18. The van der Waals surface area contributed by atoms with Crippen molar-refractivity contribution < 1.29 is 220 Å². The fourth-order valence-electron chi connectivity index (χ4n) is 0. The monoisotopic (exact) mass is 731 g/mol. The van der Waals surface area contributed by atoms with Crippen molar-refractivity contribution in [3.05, 3.63) is 0 Å². The van der Waals surface area contributed by atoms with Crippen molar-refractivity contribution in [1.82, 2.24) is 0 Å². The summed E-state index contributed by atoms with van der Waals surface area (Å²) < 4.78 is 150. The summed E-state index contributed by atoms with van der Waals surface area (Å²) >= 11 is 0. The molecule has 0 aliphatic carbocycles. The van der Waals surface area contributed by atoms with Gasteiger partial charge in [0, 0.05) is 4.66 Å². The molecule has 0 heterocycles. The smallest absolute Gasteiger partial charge is 0.357 e. The van der Waals surface area contributed by atoms with E-state index in [4.69, 9.17) is 83.9 Å². The maximum Gasteiger partial charge on any atom is 4.00 e. The molecule has 0 bridgehead atoms. The van der Waals surface area contributed by atoms with E-state index in [0.29, 0.717) is 0 Å². The van der Waals surface area contributed by atoms with Gasteiger partial charge in [0.25, 0.3) is 10.8 Å². The summed E-state index contributed by atoms with van der Waals surface area (Å²) in [5.41, 5.74) is 0. The second kappa shape index (κ2) is 46.5. The number of hydrogen-bond donors (Lipinski definition) is 1. The molecule has 1 N–H and O–H groups in total. The van der Waals surface area contributed by atoms with Crippen molar-refractivity contribution >= 4 is 0 Å². The first kappa shape index (κ1) is 51.7. The zero-order chi connectivity index (χ0) is 21.5. The van der Waals surface area contributed by atoms with Crippen molar-refractivity contribution in [3.63, 3.8) is 0 Å². The number of hydrogen-bond acceptors (Lipinski definition) is 18. The van der Waals surface area contributed by atoms with Gasteiger partial charge in [-0.2, -0.15) is 0 Å². The van der Waals surface area contributed by atoms with Gasteiger partial charge in [0.1, 0.15) is 0 Å². The second-order valence-electron chi connectivity index (χ2n) is 1.15. The summed E-state index contributed by atoms with van der Waals surface area (Å²) in [5, 5.41) is 0. The first-order valence-corrected chi connectivity index (χ1v) is 8.38. The topological polar surface area (TPSA) is 412 Å². The molecule has 0 aromatic heterocycles. The number of halogens is 6. The summed E-state index contributed by atoms with van der Waals surface area (Å²) in [5.74, 6) is 0. The predicted octanol–water partition coefficient (Wildman–Crippen LogP) is -23.8. The maximum absolute atomic E-state index is 8.52. The normalized spacial score (nSPS) is 8.31. The number of rotatable bonds is 0. The summed E-state index contributed by atoms with van der Waals surface area (Å²) in [6, 6.07) is 0. The van der Waals surface area contributed by atoms with Gasteiger partial charge in [0.2, 0.25) is 0 Å². The predicted molar refractivity (Wildman–Crippen MR) is 2.22 cm³/mol. The van der Waals surface area contributed by atoms with E-state index in [0.717, 1.165) is 0 Å². The van der Waals surface area contributed by atoms with Crippen LogP contribution in [-0.4, -0.2) is 4.66 Å². The molecule has 0 aliphatic heterocycles. The molecule has 0 rings (SSSR count). The third-order valence-corrected chi connectivity index (χ3v) is 0. The molecule has 0 unspecified atom stereocenters. The first-order chi connectivity index (χ1) is 10.4. The molecule has 0 atom stereocenters. The molecule has 0 aliphatic rings. The van der Waals surface area contributed by atoms with E-state index in [2.05, 4.69) is 0 Å². The van der Waals surface area contributed by atoms with Gasteiger partial charge >= 0.3 is 71.5 Å². The van der Waals surface area contributed by atoms with E-state index in [1.807, 2.05) is 0 Å². The summed E-state index contributed by atoms with van der Waals surface area (Å²) in [6.07, 6.45) is 0. The molecule has 26 heteroatoms. The Morgan fingerprint density at radius 3 is 0.346 bits per heavy atom. The second-order valence-corrected chi connectivity index (χ2v) is 3.44. The zero-order valence-corrected chi connectivity index (χ0v) is 21.0. The fraction of sp³-hybridized carbons (Fsp3) is 0. The minimum atomic E-state index is -2.85. The Bertz CT molecular complexity index is 107. The van der Waals surface area contributed by atoms with Gasteiger partial charge in [-0.3, -0.25) is 0 Å². The average molecular weight is 733 g/mol. The molecule has 0 fully saturated rings. The van der Waals surface area contributed by atoms with Crippen LogP contribution in [0.4, 0.5) is 0 Å². The van der Waals surface area contributed by atoms with E-state index < -0.39 is 64.7 Å². The van der Waals surface area contributed by atoms with Gasteiger partial charge in [-0.15, -0.1) is 0 Å². The molecule has 0 saturated carbocycles. The van der Waals surface area contributed by atoms with Crippen molar-refractivity contribution in [2.24, 2.45) is 0 Å². The Morgan fingerprint density at radius 2 is 0.346 bits per heavy atom. The van der Waals surface area contributed by atoms with Crippen molar-refractivity contribution in [2.75, 3.05) is 0 Å². The third kappa shape index (κ3) is 1730. The van der Waals surface area contributed by atoms with Crippen LogP contribution in [0, 0.1) is 64.7 Å². The summed E-state index contributed by atoms with van der Waals surface area (Å²) in [7, 11) is -16.9. The van der Waals surface area contributed by atoms with Gasteiger partial charge in [-0.05, 0) is 0 Å². The Morgan fingerprint density at radius 1 is 0.346 bits per heavy atom. The van der Waals surface area contributed by atoms with E-state index in [1.165, 1.54) is 0 Å². The maximum atomic E-state index is 8.52. The average Bonchev–Trinajstić information content (AvgIpc) is 2.08. The molecule has 0 aromatic rings. The van der Waals surface area contributed by atoms with Crippen LogP contribution in [0.1, 0.15) is 0 Å². The van der Waals surface area contributed by atoms with Crippen LogP contribution in [0.3, 0.4) is 0 Å². The van der Waals surface area contributed by atoms with Crippen LogP contribution in [0.2, 0.25) is 0 Å². The molecule has 0 aromatic carbocycles. The van der Waals surface area contributed by atoms with Crippen LogP contribution < -0.4 is 131 Å². The molecule has 18 nitrogen and oxygen atoms in total. The minimum absolute atomic E-state index is 0. The summed E-state index contributed by atoms with van der Waals surface area (Å²) in [6.45, 7) is 0. The van der Waals surface area contributed by atoms with Crippen molar-refractivity contribution in [2.45, 2.75) is 0 Å². The largest absolute Gasteiger partial charge is 4.00 e. The van der Waals surface area contributed by atoms with E-state index in [1.54, 1.807) is 0 Å². The Labute approximate surface area is 217 Å². The van der Waals surface area contributed by atoms with E-state index in [-0.39, 0.29) is 71.5 Å². The van der Waals surface area contributed by atoms with Crippen molar-refractivity contribution in [1.29, 1.82) is 0 Å².